The van der Waals surface area contributed by atoms with Crippen molar-refractivity contribution in [1.29, 1.82) is 0 Å². The largest absolute Gasteiger partial charge is 0.383 e. The Labute approximate surface area is 97.7 Å². The van der Waals surface area contributed by atoms with Gasteiger partial charge in [-0.2, -0.15) is 0 Å². The van der Waals surface area contributed by atoms with E-state index in [1.165, 1.54) is 0 Å². The van der Waals surface area contributed by atoms with Gasteiger partial charge >= 0.3 is 0 Å². The number of hydrogen-bond donors (Lipinski definition) is 1. The molecule has 1 aromatic heterocycles. The zero-order chi connectivity index (χ0) is 10.8. The molecular weight excluding hydrogens is 231 g/mol. The second-order valence-corrected chi connectivity index (χ2v) is 3.88. The third-order valence-corrected chi connectivity index (χ3v) is 2.81. The maximum Gasteiger partial charge on any atom is 0.131 e. The fourth-order valence-electron chi connectivity index (χ4n) is 1.33. The minimum Gasteiger partial charge on any atom is -0.383 e. The zero-order valence-electron chi connectivity index (χ0n) is 7.74. The molecule has 2 aromatic rings. The zero-order valence-corrected chi connectivity index (χ0v) is 9.26. The van der Waals surface area contributed by atoms with Gasteiger partial charge in [-0.15, -0.1) is 0 Å². The molecule has 1 heterocycles. The molecule has 2 rings (SSSR count). The summed E-state index contributed by atoms with van der Waals surface area (Å²) in [5, 5.41) is 1.04. The van der Waals surface area contributed by atoms with Gasteiger partial charge in [0.1, 0.15) is 5.82 Å². The van der Waals surface area contributed by atoms with Gasteiger partial charge in [0, 0.05) is 11.8 Å². The normalized spacial score (nSPS) is 10.3. The van der Waals surface area contributed by atoms with E-state index in [4.69, 9.17) is 28.9 Å². The van der Waals surface area contributed by atoms with Crippen LogP contribution in [0.2, 0.25) is 10.0 Å². The van der Waals surface area contributed by atoms with Crippen molar-refractivity contribution < 1.29 is 0 Å². The molecule has 76 valence electrons. The number of rotatable bonds is 1. The number of halogens is 2. The minimum absolute atomic E-state index is 0.482. The van der Waals surface area contributed by atoms with Crippen molar-refractivity contribution in [2.45, 2.75) is 0 Å². The van der Waals surface area contributed by atoms with Crippen LogP contribution in [0.25, 0.3) is 11.1 Å². The first-order valence-corrected chi connectivity index (χ1v) is 5.10. The third kappa shape index (κ3) is 2.06. The number of nitrogens with two attached hydrogens (primary N) is 1. The Morgan fingerprint density at radius 3 is 2.53 bits per heavy atom. The molecule has 0 atom stereocenters. The lowest BCUT2D eigenvalue weighted by Crippen LogP contribution is -1.92. The molecule has 0 unspecified atom stereocenters. The van der Waals surface area contributed by atoms with E-state index in [1.54, 1.807) is 18.3 Å². The average Bonchev–Trinajstić information content (AvgIpc) is 2.23. The van der Waals surface area contributed by atoms with Crippen molar-refractivity contribution in [3.05, 3.63) is 46.6 Å². The van der Waals surface area contributed by atoms with E-state index in [-0.39, 0.29) is 0 Å². The summed E-state index contributed by atoms with van der Waals surface area (Å²) in [6.45, 7) is 0. The number of benzene rings is 1. The molecule has 0 aliphatic rings. The first-order chi connectivity index (χ1) is 7.18. The molecule has 15 heavy (non-hydrogen) atoms. The molecule has 2 N–H and O–H groups in total. The molecule has 0 saturated heterocycles. The van der Waals surface area contributed by atoms with Crippen LogP contribution in [0, 0.1) is 0 Å². The van der Waals surface area contributed by atoms with Gasteiger partial charge in [0.2, 0.25) is 0 Å². The van der Waals surface area contributed by atoms with Crippen LogP contribution in [0.4, 0.5) is 5.82 Å². The molecule has 0 fully saturated rings. The molecular formula is C11H8Cl2N2. The molecule has 0 radical (unpaired) electrons. The molecule has 4 heteroatoms. The van der Waals surface area contributed by atoms with Gasteiger partial charge in [0.15, 0.2) is 0 Å². The Balaban J connectivity index is 2.55. The van der Waals surface area contributed by atoms with E-state index in [0.29, 0.717) is 15.9 Å². The molecule has 0 saturated carbocycles. The summed E-state index contributed by atoms with van der Waals surface area (Å²) in [7, 11) is 0. The topological polar surface area (TPSA) is 38.9 Å². The highest BCUT2D eigenvalue weighted by molar-refractivity contribution is 6.42. The predicted octanol–water partition coefficient (Wildman–Crippen LogP) is 3.64. The van der Waals surface area contributed by atoms with Crippen LogP contribution in [0.1, 0.15) is 0 Å². The van der Waals surface area contributed by atoms with E-state index >= 15 is 0 Å². The second kappa shape index (κ2) is 4.09. The quantitative estimate of drug-likeness (QED) is 0.825. The van der Waals surface area contributed by atoms with Crippen molar-refractivity contribution in [3.8, 4) is 11.1 Å². The summed E-state index contributed by atoms with van der Waals surface area (Å²) in [6, 6.07) is 9.10. The smallest absolute Gasteiger partial charge is 0.131 e. The fourth-order valence-corrected chi connectivity index (χ4v) is 1.62. The molecule has 0 spiro atoms. The Morgan fingerprint density at radius 1 is 1.07 bits per heavy atom. The van der Waals surface area contributed by atoms with E-state index in [1.807, 2.05) is 18.2 Å². The molecule has 0 bridgehead atoms. The van der Waals surface area contributed by atoms with Crippen molar-refractivity contribution >= 4 is 29.0 Å². The van der Waals surface area contributed by atoms with Crippen LogP contribution < -0.4 is 5.73 Å². The SMILES string of the molecule is Nc1ncccc1-c1ccc(Cl)c(Cl)c1. The minimum atomic E-state index is 0.482. The van der Waals surface area contributed by atoms with Crippen LogP contribution >= 0.6 is 23.2 Å². The van der Waals surface area contributed by atoms with Gasteiger partial charge in [0.05, 0.1) is 10.0 Å². The van der Waals surface area contributed by atoms with Crippen LogP contribution in [0.3, 0.4) is 0 Å². The Kier molecular flexibility index (Phi) is 2.80. The Hall–Kier alpha value is -1.25. The number of aromatic nitrogens is 1. The monoisotopic (exact) mass is 238 g/mol. The van der Waals surface area contributed by atoms with E-state index in [0.717, 1.165) is 11.1 Å². The van der Waals surface area contributed by atoms with E-state index < -0.39 is 0 Å². The van der Waals surface area contributed by atoms with Gasteiger partial charge in [-0.05, 0) is 29.8 Å². The lowest BCUT2D eigenvalue weighted by Gasteiger charge is -2.05. The summed E-state index contributed by atoms with van der Waals surface area (Å²) in [5.74, 6) is 0.482. The molecule has 2 nitrogen and oxygen atoms in total. The van der Waals surface area contributed by atoms with Gasteiger partial charge in [-0.25, -0.2) is 4.98 Å². The Bertz CT molecular complexity index is 498. The maximum atomic E-state index is 5.92. The number of anilines is 1. The van der Waals surface area contributed by atoms with Crippen molar-refractivity contribution in [3.63, 3.8) is 0 Å². The first kappa shape index (κ1) is 10.3. The first-order valence-electron chi connectivity index (χ1n) is 4.34. The molecule has 1 aromatic carbocycles. The van der Waals surface area contributed by atoms with Crippen molar-refractivity contribution in [2.75, 3.05) is 5.73 Å². The summed E-state index contributed by atoms with van der Waals surface area (Å²) < 4.78 is 0. The number of nitrogen functional groups attached to an aromatic ring is 1. The summed E-state index contributed by atoms with van der Waals surface area (Å²) in [5.41, 5.74) is 7.52. The van der Waals surface area contributed by atoms with E-state index in [2.05, 4.69) is 4.98 Å². The standard InChI is InChI=1S/C11H8Cl2N2/c12-9-4-3-7(6-10(9)13)8-2-1-5-15-11(8)14/h1-6H,(H2,14,15). The van der Waals surface area contributed by atoms with Crippen LogP contribution in [-0.4, -0.2) is 4.98 Å². The van der Waals surface area contributed by atoms with Gasteiger partial charge in [-0.1, -0.05) is 29.3 Å². The number of pyridine rings is 1. The summed E-state index contributed by atoms with van der Waals surface area (Å²) >= 11 is 11.8. The fraction of sp³-hybridized carbons (Fsp3) is 0. The highest BCUT2D eigenvalue weighted by atomic mass is 35.5. The second-order valence-electron chi connectivity index (χ2n) is 3.07. The highest BCUT2D eigenvalue weighted by Crippen LogP contribution is 2.30. The lowest BCUT2D eigenvalue weighted by molar-refractivity contribution is 1.34. The van der Waals surface area contributed by atoms with Crippen LogP contribution in [0.5, 0.6) is 0 Å². The van der Waals surface area contributed by atoms with Gasteiger partial charge < -0.3 is 5.73 Å². The highest BCUT2D eigenvalue weighted by Gasteiger charge is 2.05. The molecule has 0 aliphatic carbocycles. The van der Waals surface area contributed by atoms with Gasteiger partial charge in [-0.3, -0.25) is 0 Å². The molecule has 0 amide bonds. The van der Waals surface area contributed by atoms with Gasteiger partial charge in [0.25, 0.3) is 0 Å². The number of nitrogens with zero attached hydrogens (tertiary/aromatic N) is 1. The summed E-state index contributed by atoms with van der Waals surface area (Å²) in [6.07, 6.45) is 1.65. The van der Waals surface area contributed by atoms with Crippen molar-refractivity contribution in [2.24, 2.45) is 0 Å². The van der Waals surface area contributed by atoms with Crippen molar-refractivity contribution in [1.82, 2.24) is 4.98 Å². The van der Waals surface area contributed by atoms with Crippen LogP contribution in [-0.2, 0) is 0 Å². The average molecular weight is 239 g/mol. The summed E-state index contributed by atoms with van der Waals surface area (Å²) in [4.78, 5) is 4.01. The number of hydrogen-bond acceptors (Lipinski definition) is 2. The lowest BCUT2D eigenvalue weighted by atomic mass is 10.1. The third-order valence-electron chi connectivity index (χ3n) is 2.07. The maximum absolute atomic E-state index is 5.92. The van der Waals surface area contributed by atoms with Crippen LogP contribution in [0.15, 0.2) is 36.5 Å². The van der Waals surface area contributed by atoms with E-state index in [9.17, 15) is 0 Å². The Morgan fingerprint density at radius 2 is 1.87 bits per heavy atom. The molecule has 0 aliphatic heterocycles. The predicted molar refractivity (Wildman–Crippen MR) is 64.1 cm³/mol.